The number of hydrogen-bond acceptors (Lipinski definition) is 5. The molecule has 6 rings (SSSR count). The van der Waals surface area contributed by atoms with E-state index in [1.165, 1.54) is 17.4 Å². The van der Waals surface area contributed by atoms with E-state index in [-0.39, 0.29) is 11.2 Å². The van der Waals surface area contributed by atoms with Crippen molar-refractivity contribution in [2.75, 3.05) is 39.0 Å². The van der Waals surface area contributed by atoms with Gasteiger partial charge in [0.1, 0.15) is 5.75 Å². The first-order valence-corrected chi connectivity index (χ1v) is 15.7. The maximum atomic E-state index is 13.6. The van der Waals surface area contributed by atoms with Crippen molar-refractivity contribution in [1.82, 2.24) is 9.21 Å². The molecule has 0 N–H and O–H groups in total. The lowest BCUT2D eigenvalue weighted by Crippen LogP contribution is -2.61. The summed E-state index contributed by atoms with van der Waals surface area (Å²) >= 11 is 3.58. The summed E-state index contributed by atoms with van der Waals surface area (Å²) in [6.07, 6.45) is 4.18. The van der Waals surface area contributed by atoms with Crippen LogP contribution in [0, 0.1) is 5.92 Å². The standard InChI is InChI=1S/C29H33BrN2O4S/c1-29(2)25-14-22(36-17-18-8-10-31(11-9-18)21-15-32(16-21)37(3,34)35)5-7-24(25)28(33)27-23-6-4-20(30)12-19(23)13-26(27)29/h4-7,12,14,18,21H,8-11,13,15-17H2,1-3H3. The molecule has 8 heteroatoms. The summed E-state index contributed by atoms with van der Waals surface area (Å²) in [5.41, 5.74) is 5.94. The molecule has 2 aliphatic heterocycles. The number of nitrogens with zero attached hydrogens (tertiary/aromatic N) is 2. The highest BCUT2D eigenvalue weighted by atomic mass is 79.9. The first kappa shape index (κ1) is 25.3. The van der Waals surface area contributed by atoms with Gasteiger partial charge >= 0.3 is 0 Å². The van der Waals surface area contributed by atoms with Crippen LogP contribution < -0.4 is 4.74 Å². The van der Waals surface area contributed by atoms with Gasteiger partial charge in [-0.25, -0.2) is 8.42 Å². The fourth-order valence-electron chi connectivity index (χ4n) is 6.43. The largest absolute Gasteiger partial charge is 0.493 e. The zero-order chi connectivity index (χ0) is 26.1. The number of likely N-dealkylation sites (tertiary alicyclic amines) is 1. The first-order valence-electron chi connectivity index (χ1n) is 13.1. The number of fused-ring (bicyclic) bond motifs is 3. The molecule has 6 nitrogen and oxygen atoms in total. The summed E-state index contributed by atoms with van der Waals surface area (Å²) in [5, 5.41) is 0. The predicted octanol–water partition coefficient (Wildman–Crippen LogP) is 4.67. The van der Waals surface area contributed by atoms with Gasteiger partial charge in [0.2, 0.25) is 10.0 Å². The number of carbonyl (C=O) groups excluding carboxylic acids is 1. The summed E-state index contributed by atoms with van der Waals surface area (Å²) in [5.74, 6) is 1.42. The number of hydrogen-bond donors (Lipinski definition) is 0. The van der Waals surface area contributed by atoms with Gasteiger partial charge in [0.25, 0.3) is 0 Å². The molecule has 196 valence electrons. The van der Waals surface area contributed by atoms with Gasteiger partial charge in [-0.15, -0.1) is 0 Å². The molecule has 2 saturated heterocycles. The van der Waals surface area contributed by atoms with Crippen LogP contribution in [-0.4, -0.2) is 68.5 Å². The monoisotopic (exact) mass is 584 g/mol. The summed E-state index contributed by atoms with van der Waals surface area (Å²) in [7, 11) is -3.07. The van der Waals surface area contributed by atoms with Crippen LogP contribution in [0.25, 0.3) is 5.57 Å². The molecule has 2 fully saturated rings. The second-order valence-corrected chi connectivity index (χ2v) is 14.4. The highest BCUT2D eigenvalue weighted by molar-refractivity contribution is 9.10. The van der Waals surface area contributed by atoms with Crippen LogP contribution in [-0.2, 0) is 21.9 Å². The van der Waals surface area contributed by atoms with Gasteiger partial charge < -0.3 is 4.74 Å². The second kappa shape index (κ2) is 9.04. The first-order chi connectivity index (χ1) is 17.5. The van der Waals surface area contributed by atoms with E-state index in [1.807, 2.05) is 18.2 Å². The van der Waals surface area contributed by atoms with Gasteiger partial charge in [-0.1, -0.05) is 35.8 Å². The molecule has 0 amide bonds. The van der Waals surface area contributed by atoms with E-state index >= 15 is 0 Å². The van der Waals surface area contributed by atoms with Crippen molar-refractivity contribution < 1.29 is 17.9 Å². The van der Waals surface area contributed by atoms with E-state index in [1.54, 1.807) is 4.31 Å². The number of ether oxygens (including phenoxy) is 1. The Kier molecular flexibility index (Phi) is 6.18. The number of benzene rings is 2. The second-order valence-electron chi connectivity index (χ2n) is 11.5. The van der Waals surface area contributed by atoms with Gasteiger partial charge in [-0.3, -0.25) is 9.69 Å². The molecule has 0 atom stereocenters. The minimum absolute atomic E-state index is 0.120. The topological polar surface area (TPSA) is 66.9 Å². The third-order valence-corrected chi connectivity index (χ3v) is 10.6. The average molecular weight is 586 g/mol. The summed E-state index contributed by atoms with van der Waals surface area (Å²) < 4.78 is 32.2. The molecule has 0 aromatic heterocycles. The number of carbonyl (C=O) groups is 1. The van der Waals surface area contributed by atoms with Crippen molar-refractivity contribution in [3.8, 4) is 5.75 Å². The van der Waals surface area contributed by atoms with Crippen LogP contribution in [0.3, 0.4) is 0 Å². The van der Waals surface area contributed by atoms with Crippen molar-refractivity contribution in [3.63, 3.8) is 0 Å². The number of sulfonamides is 1. The molecule has 37 heavy (non-hydrogen) atoms. The Morgan fingerprint density at radius 3 is 2.46 bits per heavy atom. The predicted molar refractivity (Wildman–Crippen MR) is 149 cm³/mol. The van der Waals surface area contributed by atoms with Crippen LogP contribution in [0.2, 0.25) is 0 Å². The molecular weight excluding hydrogens is 552 g/mol. The van der Waals surface area contributed by atoms with E-state index in [2.05, 4.69) is 52.9 Å². The van der Waals surface area contributed by atoms with Crippen molar-refractivity contribution in [3.05, 3.63) is 68.7 Å². The molecule has 0 spiro atoms. The zero-order valence-electron chi connectivity index (χ0n) is 21.6. The van der Waals surface area contributed by atoms with Crippen LogP contribution in [0.4, 0.5) is 0 Å². The normalized spacial score (nSPS) is 22.4. The van der Waals surface area contributed by atoms with Crippen molar-refractivity contribution in [1.29, 1.82) is 0 Å². The minimum Gasteiger partial charge on any atom is -0.493 e. The van der Waals surface area contributed by atoms with Crippen LogP contribution in [0.15, 0.2) is 46.4 Å². The Hall–Kier alpha value is -2.00. The number of rotatable bonds is 5. The molecule has 0 radical (unpaired) electrons. The molecule has 4 aliphatic rings. The molecular formula is C29H33BrN2O4S. The summed E-state index contributed by atoms with van der Waals surface area (Å²) in [6.45, 7) is 8.30. The molecule has 2 aliphatic carbocycles. The van der Waals surface area contributed by atoms with Crippen LogP contribution >= 0.6 is 15.9 Å². The zero-order valence-corrected chi connectivity index (χ0v) is 24.0. The lowest BCUT2D eigenvalue weighted by molar-refractivity contribution is 0.0484. The van der Waals surface area contributed by atoms with E-state index in [9.17, 15) is 13.2 Å². The molecule has 0 unspecified atom stereocenters. The Labute approximate surface area is 227 Å². The molecule has 2 heterocycles. The average Bonchev–Trinajstić information content (AvgIpc) is 3.20. The number of piperidine rings is 1. The van der Waals surface area contributed by atoms with Crippen LogP contribution in [0.1, 0.15) is 53.7 Å². The number of ketones is 1. The summed E-state index contributed by atoms with van der Waals surface area (Å²) in [4.78, 5) is 16.0. The van der Waals surface area contributed by atoms with Gasteiger partial charge in [0, 0.05) is 40.2 Å². The smallest absolute Gasteiger partial charge is 0.211 e. The quantitative estimate of drug-likeness (QED) is 0.511. The van der Waals surface area contributed by atoms with E-state index in [0.29, 0.717) is 31.7 Å². The van der Waals surface area contributed by atoms with Gasteiger partial charge in [-0.2, -0.15) is 4.31 Å². The van der Waals surface area contributed by atoms with Crippen molar-refractivity contribution in [2.24, 2.45) is 5.92 Å². The Morgan fingerprint density at radius 2 is 1.76 bits per heavy atom. The minimum atomic E-state index is -3.07. The van der Waals surface area contributed by atoms with E-state index < -0.39 is 10.0 Å². The Balaban J connectivity index is 1.11. The number of allylic oxidation sites excluding steroid dienone is 2. The highest BCUT2D eigenvalue weighted by Crippen LogP contribution is 2.50. The Bertz CT molecular complexity index is 1420. The lowest BCUT2D eigenvalue weighted by atomic mass is 9.68. The van der Waals surface area contributed by atoms with Gasteiger partial charge in [0.05, 0.1) is 12.9 Å². The van der Waals surface area contributed by atoms with Gasteiger partial charge in [-0.05, 0) is 90.9 Å². The van der Waals surface area contributed by atoms with Gasteiger partial charge in [0.15, 0.2) is 5.78 Å². The number of Topliss-reactive ketones (excluding diaryl/α,β-unsaturated/α-hetero) is 1. The maximum absolute atomic E-state index is 13.6. The molecule has 0 bridgehead atoms. The lowest BCUT2D eigenvalue weighted by Gasteiger charge is -2.46. The van der Waals surface area contributed by atoms with E-state index in [0.717, 1.165) is 64.8 Å². The number of halogens is 1. The van der Waals surface area contributed by atoms with Crippen molar-refractivity contribution >= 4 is 37.3 Å². The molecule has 2 aromatic rings. The third-order valence-electron chi connectivity index (χ3n) is 8.85. The Morgan fingerprint density at radius 1 is 1.05 bits per heavy atom. The third kappa shape index (κ3) is 4.40. The fraction of sp³-hybridized carbons (Fsp3) is 0.483. The summed E-state index contributed by atoms with van der Waals surface area (Å²) in [6, 6.07) is 12.5. The SMILES string of the molecule is CC1(C)C2=C(C(=O)c3ccc(OCC4CCN(C5CN(S(C)(=O)=O)C5)CC4)cc31)c1ccc(Br)cc1C2. The van der Waals surface area contributed by atoms with Crippen molar-refractivity contribution in [2.45, 2.75) is 44.6 Å². The van der Waals surface area contributed by atoms with Crippen LogP contribution in [0.5, 0.6) is 5.75 Å². The molecule has 0 saturated carbocycles. The maximum Gasteiger partial charge on any atom is 0.211 e. The molecule has 2 aromatic carbocycles. The highest BCUT2D eigenvalue weighted by Gasteiger charge is 2.43. The fourth-order valence-corrected chi connectivity index (χ4v) is 7.72. The van der Waals surface area contributed by atoms with E-state index in [4.69, 9.17) is 4.74 Å².